The highest BCUT2D eigenvalue weighted by Gasteiger charge is 2.12. The third kappa shape index (κ3) is 2.62. The predicted molar refractivity (Wildman–Crippen MR) is 67.0 cm³/mol. The van der Waals surface area contributed by atoms with E-state index >= 15 is 0 Å². The molecule has 0 aromatic carbocycles. The summed E-state index contributed by atoms with van der Waals surface area (Å²) in [4.78, 5) is 13.3. The standard InChI is InChI=1S/C11H11NO2S2/c12-9-4-7-16-10(9)11(13)14-5-3-8-2-1-6-15-8/h1-2,4,6-7H,3,5,12H2. The number of hydrogen-bond acceptors (Lipinski definition) is 5. The van der Waals surface area contributed by atoms with Gasteiger partial charge in [-0.2, -0.15) is 0 Å². The molecule has 2 aromatic heterocycles. The maximum Gasteiger partial charge on any atom is 0.350 e. The molecular weight excluding hydrogens is 242 g/mol. The van der Waals surface area contributed by atoms with Gasteiger partial charge in [0, 0.05) is 11.3 Å². The molecule has 2 rings (SSSR count). The lowest BCUT2D eigenvalue weighted by Gasteiger charge is -2.02. The van der Waals surface area contributed by atoms with Crippen molar-refractivity contribution in [1.29, 1.82) is 0 Å². The van der Waals surface area contributed by atoms with E-state index in [2.05, 4.69) is 0 Å². The molecule has 0 saturated carbocycles. The summed E-state index contributed by atoms with van der Waals surface area (Å²) in [5, 5.41) is 3.79. The second-order valence-corrected chi connectivity index (χ2v) is 5.12. The molecule has 2 aromatic rings. The molecule has 0 radical (unpaired) electrons. The molecule has 0 atom stereocenters. The van der Waals surface area contributed by atoms with E-state index in [0.717, 1.165) is 6.42 Å². The number of nitrogens with two attached hydrogens (primary N) is 1. The van der Waals surface area contributed by atoms with E-state index in [1.54, 1.807) is 22.8 Å². The molecular formula is C11H11NO2S2. The van der Waals surface area contributed by atoms with Gasteiger partial charge < -0.3 is 10.5 Å². The minimum absolute atomic E-state index is 0.330. The van der Waals surface area contributed by atoms with Gasteiger partial charge in [0.2, 0.25) is 0 Å². The maximum atomic E-state index is 11.6. The first-order valence-corrected chi connectivity index (χ1v) is 6.56. The summed E-state index contributed by atoms with van der Waals surface area (Å²) in [6.45, 7) is 0.399. The molecule has 0 fully saturated rings. The fraction of sp³-hybridized carbons (Fsp3) is 0.182. The van der Waals surface area contributed by atoms with Gasteiger partial charge in [0.25, 0.3) is 0 Å². The minimum atomic E-state index is -0.330. The van der Waals surface area contributed by atoms with Crippen LogP contribution in [0.25, 0.3) is 0 Å². The topological polar surface area (TPSA) is 52.3 Å². The van der Waals surface area contributed by atoms with Crippen LogP contribution in [0.3, 0.4) is 0 Å². The van der Waals surface area contributed by atoms with Crippen molar-refractivity contribution >= 4 is 34.3 Å². The summed E-state index contributed by atoms with van der Waals surface area (Å²) >= 11 is 2.97. The number of esters is 1. The van der Waals surface area contributed by atoms with Crippen LogP contribution in [0, 0.1) is 0 Å². The minimum Gasteiger partial charge on any atom is -0.461 e. The molecule has 0 aliphatic heterocycles. The zero-order chi connectivity index (χ0) is 11.4. The average Bonchev–Trinajstić information content (AvgIpc) is 2.88. The number of anilines is 1. The normalized spacial score (nSPS) is 10.2. The van der Waals surface area contributed by atoms with Crippen molar-refractivity contribution in [3.63, 3.8) is 0 Å². The Labute approximate surface area is 101 Å². The van der Waals surface area contributed by atoms with Gasteiger partial charge in [-0.05, 0) is 22.9 Å². The smallest absolute Gasteiger partial charge is 0.350 e. The summed E-state index contributed by atoms with van der Waals surface area (Å²) in [7, 11) is 0. The van der Waals surface area contributed by atoms with Crippen LogP contribution in [0.2, 0.25) is 0 Å². The Morgan fingerprint density at radius 1 is 1.31 bits per heavy atom. The Morgan fingerprint density at radius 2 is 2.19 bits per heavy atom. The molecule has 0 spiro atoms. The van der Waals surface area contributed by atoms with Crippen LogP contribution in [0.15, 0.2) is 29.0 Å². The first-order chi connectivity index (χ1) is 7.77. The molecule has 0 bridgehead atoms. The Morgan fingerprint density at radius 3 is 2.81 bits per heavy atom. The van der Waals surface area contributed by atoms with Crippen LogP contribution in [-0.4, -0.2) is 12.6 Å². The SMILES string of the molecule is Nc1ccsc1C(=O)OCCc1cccs1. The lowest BCUT2D eigenvalue weighted by molar-refractivity contribution is 0.0517. The third-order valence-electron chi connectivity index (χ3n) is 2.04. The number of thiophene rings is 2. The van der Waals surface area contributed by atoms with Crippen molar-refractivity contribution in [2.75, 3.05) is 12.3 Å². The lowest BCUT2D eigenvalue weighted by atomic mass is 10.3. The lowest BCUT2D eigenvalue weighted by Crippen LogP contribution is -2.07. The number of ether oxygens (including phenoxy) is 1. The zero-order valence-corrected chi connectivity index (χ0v) is 10.1. The Bertz CT molecular complexity index is 462. The summed E-state index contributed by atoms with van der Waals surface area (Å²) in [5.41, 5.74) is 6.11. The molecule has 2 heterocycles. The Kier molecular flexibility index (Phi) is 3.58. The van der Waals surface area contributed by atoms with Crippen molar-refractivity contribution in [3.8, 4) is 0 Å². The van der Waals surface area contributed by atoms with Crippen molar-refractivity contribution < 1.29 is 9.53 Å². The van der Waals surface area contributed by atoms with Gasteiger partial charge in [-0.1, -0.05) is 6.07 Å². The van der Waals surface area contributed by atoms with Gasteiger partial charge >= 0.3 is 5.97 Å². The van der Waals surface area contributed by atoms with Crippen LogP contribution in [-0.2, 0) is 11.2 Å². The zero-order valence-electron chi connectivity index (χ0n) is 8.51. The van der Waals surface area contributed by atoms with Crippen LogP contribution in [0.4, 0.5) is 5.69 Å². The van der Waals surface area contributed by atoms with E-state index < -0.39 is 0 Å². The predicted octanol–water partition coefficient (Wildman–Crippen LogP) is 2.79. The number of nitrogen functional groups attached to an aromatic ring is 1. The molecule has 16 heavy (non-hydrogen) atoms. The molecule has 0 aliphatic carbocycles. The molecule has 5 heteroatoms. The van der Waals surface area contributed by atoms with Gasteiger partial charge in [0.15, 0.2) is 0 Å². The number of rotatable bonds is 4. The highest BCUT2D eigenvalue weighted by Crippen LogP contribution is 2.19. The van der Waals surface area contributed by atoms with E-state index in [4.69, 9.17) is 10.5 Å². The Balaban J connectivity index is 1.83. The molecule has 0 saturated heterocycles. The van der Waals surface area contributed by atoms with Crippen LogP contribution in [0.5, 0.6) is 0 Å². The molecule has 0 unspecified atom stereocenters. The quantitative estimate of drug-likeness (QED) is 0.852. The van der Waals surface area contributed by atoms with Crippen molar-refractivity contribution in [1.82, 2.24) is 0 Å². The maximum absolute atomic E-state index is 11.6. The second kappa shape index (κ2) is 5.14. The van der Waals surface area contributed by atoms with Gasteiger partial charge in [0.05, 0.1) is 12.3 Å². The average molecular weight is 253 g/mol. The monoisotopic (exact) mass is 253 g/mol. The summed E-state index contributed by atoms with van der Waals surface area (Å²) in [5.74, 6) is -0.330. The van der Waals surface area contributed by atoms with Crippen molar-refractivity contribution in [2.45, 2.75) is 6.42 Å². The van der Waals surface area contributed by atoms with Gasteiger partial charge in [-0.15, -0.1) is 22.7 Å². The second-order valence-electron chi connectivity index (χ2n) is 3.17. The van der Waals surface area contributed by atoms with Gasteiger partial charge in [0.1, 0.15) is 4.88 Å². The molecule has 0 amide bonds. The van der Waals surface area contributed by atoms with E-state index in [9.17, 15) is 4.79 Å². The van der Waals surface area contributed by atoms with E-state index in [-0.39, 0.29) is 5.97 Å². The number of carbonyl (C=O) groups excluding carboxylic acids is 1. The highest BCUT2D eigenvalue weighted by atomic mass is 32.1. The molecule has 84 valence electrons. The van der Waals surface area contributed by atoms with Gasteiger partial charge in [-0.25, -0.2) is 4.79 Å². The van der Waals surface area contributed by atoms with Crippen molar-refractivity contribution in [2.24, 2.45) is 0 Å². The fourth-order valence-electron chi connectivity index (χ4n) is 1.25. The molecule has 0 aliphatic rings. The first kappa shape index (κ1) is 11.2. The third-order valence-corrected chi connectivity index (χ3v) is 3.89. The Hall–Kier alpha value is -1.33. The van der Waals surface area contributed by atoms with E-state index in [0.29, 0.717) is 17.2 Å². The first-order valence-electron chi connectivity index (χ1n) is 4.80. The largest absolute Gasteiger partial charge is 0.461 e. The fourth-order valence-corrected chi connectivity index (χ4v) is 2.65. The van der Waals surface area contributed by atoms with Gasteiger partial charge in [-0.3, -0.25) is 0 Å². The highest BCUT2D eigenvalue weighted by molar-refractivity contribution is 7.12. The number of hydrogen-bond donors (Lipinski definition) is 1. The van der Waals surface area contributed by atoms with E-state index in [1.807, 2.05) is 17.5 Å². The van der Waals surface area contributed by atoms with Crippen molar-refractivity contribution in [3.05, 3.63) is 38.7 Å². The van der Waals surface area contributed by atoms with E-state index in [1.165, 1.54) is 16.2 Å². The summed E-state index contributed by atoms with van der Waals surface area (Å²) < 4.78 is 5.14. The van der Waals surface area contributed by atoms with Crippen LogP contribution >= 0.6 is 22.7 Å². The summed E-state index contributed by atoms with van der Waals surface area (Å²) in [6, 6.07) is 5.72. The molecule has 2 N–H and O–H groups in total. The molecule has 3 nitrogen and oxygen atoms in total. The summed E-state index contributed by atoms with van der Waals surface area (Å²) in [6.07, 6.45) is 0.759. The van der Waals surface area contributed by atoms with Crippen LogP contribution < -0.4 is 5.73 Å². The number of carbonyl (C=O) groups is 1. The van der Waals surface area contributed by atoms with Crippen LogP contribution in [0.1, 0.15) is 14.5 Å².